The van der Waals surface area contributed by atoms with Crippen molar-refractivity contribution in [3.63, 3.8) is 0 Å². The van der Waals surface area contributed by atoms with Crippen molar-refractivity contribution in [3.05, 3.63) is 0 Å². The molecule has 118 valence electrons. The molecular formula is C12H23O7P. The zero-order valence-electron chi connectivity index (χ0n) is 12.6. The number of methoxy groups -OCH3 is 2. The first kappa shape index (κ1) is 19.1. The maximum atomic E-state index is 12.3. The lowest BCUT2D eigenvalue weighted by Crippen LogP contribution is -2.54. The first-order valence-electron chi connectivity index (χ1n) is 6.19. The number of carbonyl (C=O) groups is 2. The van der Waals surface area contributed by atoms with Crippen LogP contribution in [0.2, 0.25) is 0 Å². The molecule has 0 heterocycles. The van der Waals surface area contributed by atoms with E-state index in [0.29, 0.717) is 0 Å². The Hall–Kier alpha value is -0.910. The van der Waals surface area contributed by atoms with Crippen LogP contribution in [-0.4, -0.2) is 41.6 Å². The summed E-state index contributed by atoms with van der Waals surface area (Å²) >= 11 is 0. The second-order valence-corrected chi connectivity index (χ2v) is 6.94. The molecule has 0 amide bonds. The molecular weight excluding hydrogens is 287 g/mol. The topological polar surface area (TPSA) is 110 Å². The summed E-state index contributed by atoms with van der Waals surface area (Å²) in [5.41, 5.74) is -3.56. The summed E-state index contributed by atoms with van der Waals surface area (Å²) in [6, 6.07) is 0. The standard InChI is InChI=1S/C12H23O7P/c1-7(2)12(8(3)4,11(14)19-6)9(10(13)18-5)20(15,16)17/h7-9H,1-6H3,(H2,15,16,17). The molecule has 0 aliphatic carbocycles. The van der Waals surface area contributed by atoms with E-state index in [9.17, 15) is 23.9 Å². The van der Waals surface area contributed by atoms with Crippen molar-refractivity contribution in [1.29, 1.82) is 0 Å². The first-order valence-corrected chi connectivity index (χ1v) is 7.87. The molecule has 0 aromatic heterocycles. The molecule has 7 nitrogen and oxygen atoms in total. The average molecular weight is 310 g/mol. The van der Waals surface area contributed by atoms with E-state index < -0.39 is 42.4 Å². The Kier molecular flexibility index (Phi) is 6.39. The van der Waals surface area contributed by atoms with E-state index >= 15 is 0 Å². The van der Waals surface area contributed by atoms with Crippen LogP contribution in [0.5, 0.6) is 0 Å². The van der Waals surface area contributed by atoms with Crippen molar-refractivity contribution < 1.29 is 33.4 Å². The summed E-state index contributed by atoms with van der Waals surface area (Å²) in [5.74, 6) is -3.02. The molecule has 0 rings (SSSR count). The minimum Gasteiger partial charge on any atom is -0.469 e. The molecule has 0 fully saturated rings. The lowest BCUT2D eigenvalue weighted by Gasteiger charge is -2.42. The van der Waals surface area contributed by atoms with Gasteiger partial charge in [0.1, 0.15) is 0 Å². The van der Waals surface area contributed by atoms with Crippen LogP contribution in [0.4, 0.5) is 0 Å². The van der Waals surface area contributed by atoms with Crippen LogP contribution >= 0.6 is 7.60 Å². The number of carbonyl (C=O) groups excluding carboxylic acids is 2. The largest absolute Gasteiger partial charge is 0.469 e. The van der Waals surface area contributed by atoms with E-state index in [2.05, 4.69) is 4.74 Å². The van der Waals surface area contributed by atoms with Crippen molar-refractivity contribution in [3.8, 4) is 0 Å². The number of esters is 2. The van der Waals surface area contributed by atoms with E-state index in [1.54, 1.807) is 27.7 Å². The van der Waals surface area contributed by atoms with Gasteiger partial charge in [-0.05, 0) is 11.8 Å². The van der Waals surface area contributed by atoms with Crippen LogP contribution in [0.25, 0.3) is 0 Å². The second-order valence-electron chi connectivity index (χ2n) is 5.25. The third kappa shape index (κ3) is 3.22. The Morgan fingerprint density at radius 1 is 1.00 bits per heavy atom. The summed E-state index contributed by atoms with van der Waals surface area (Å²) in [5, 5.41) is 0. The Bertz CT molecular complexity index is 402. The molecule has 0 saturated heterocycles. The van der Waals surface area contributed by atoms with Gasteiger partial charge in [0, 0.05) is 0 Å². The van der Waals surface area contributed by atoms with E-state index in [0.717, 1.165) is 14.2 Å². The van der Waals surface area contributed by atoms with Gasteiger partial charge < -0.3 is 19.3 Å². The predicted molar refractivity (Wildman–Crippen MR) is 72.0 cm³/mol. The number of rotatable bonds is 6. The van der Waals surface area contributed by atoms with Gasteiger partial charge in [-0.3, -0.25) is 14.2 Å². The van der Waals surface area contributed by atoms with E-state index in [1.807, 2.05) is 0 Å². The smallest absolute Gasteiger partial charge is 0.340 e. The molecule has 20 heavy (non-hydrogen) atoms. The fourth-order valence-electron chi connectivity index (χ4n) is 2.78. The van der Waals surface area contributed by atoms with Gasteiger partial charge in [-0.2, -0.15) is 0 Å². The Balaban J connectivity index is 6.37. The number of ether oxygens (including phenoxy) is 2. The lowest BCUT2D eigenvalue weighted by molar-refractivity contribution is -0.166. The summed E-state index contributed by atoms with van der Waals surface area (Å²) < 4.78 is 21.0. The molecule has 0 spiro atoms. The highest BCUT2D eigenvalue weighted by Gasteiger charge is 2.61. The maximum Gasteiger partial charge on any atom is 0.340 e. The molecule has 8 heteroatoms. The molecule has 0 aromatic rings. The van der Waals surface area contributed by atoms with Crippen molar-refractivity contribution >= 4 is 19.5 Å². The van der Waals surface area contributed by atoms with E-state index in [1.165, 1.54) is 0 Å². The minimum atomic E-state index is -4.92. The van der Waals surface area contributed by atoms with Gasteiger partial charge in [-0.1, -0.05) is 27.7 Å². The summed E-state index contributed by atoms with van der Waals surface area (Å²) in [4.78, 5) is 43.3. The Labute approximate surface area is 118 Å². The predicted octanol–water partition coefficient (Wildman–Crippen LogP) is 1.18. The van der Waals surface area contributed by atoms with Gasteiger partial charge in [-0.15, -0.1) is 0 Å². The molecule has 2 N–H and O–H groups in total. The van der Waals surface area contributed by atoms with Crippen LogP contribution < -0.4 is 0 Å². The highest BCUT2D eigenvalue weighted by molar-refractivity contribution is 7.53. The summed E-state index contributed by atoms with van der Waals surface area (Å²) in [7, 11) is -2.78. The third-order valence-corrected chi connectivity index (χ3v) is 4.97. The van der Waals surface area contributed by atoms with Gasteiger partial charge in [0.15, 0.2) is 5.66 Å². The number of hydrogen-bond acceptors (Lipinski definition) is 5. The third-order valence-electron chi connectivity index (χ3n) is 3.66. The van der Waals surface area contributed by atoms with Gasteiger partial charge >= 0.3 is 19.5 Å². The van der Waals surface area contributed by atoms with Crippen molar-refractivity contribution in [2.45, 2.75) is 33.4 Å². The quantitative estimate of drug-likeness (QED) is 0.560. The normalized spacial score (nSPS) is 14.3. The molecule has 0 saturated carbocycles. The fraction of sp³-hybridized carbons (Fsp3) is 0.833. The van der Waals surface area contributed by atoms with Gasteiger partial charge in [0.2, 0.25) is 0 Å². The van der Waals surface area contributed by atoms with E-state index in [-0.39, 0.29) is 0 Å². The zero-order valence-corrected chi connectivity index (χ0v) is 13.5. The van der Waals surface area contributed by atoms with Gasteiger partial charge in [-0.25, -0.2) is 0 Å². The minimum absolute atomic E-state index is 0.535. The van der Waals surface area contributed by atoms with Gasteiger partial charge in [0.05, 0.1) is 19.6 Å². The van der Waals surface area contributed by atoms with Crippen LogP contribution in [0.15, 0.2) is 0 Å². The first-order chi connectivity index (χ1) is 8.97. The summed E-state index contributed by atoms with van der Waals surface area (Å²) in [6.07, 6.45) is 0. The van der Waals surface area contributed by atoms with E-state index in [4.69, 9.17) is 4.74 Å². The molecule has 0 aromatic carbocycles. The SMILES string of the molecule is COC(=O)C(C(C(=O)OC)(C(C)C)C(C)C)P(=O)(O)O. The zero-order chi connectivity index (χ0) is 16.3. The van der Waals surface area contributed by atoms with Crippen LogP contribution in [0.3, 0.4) is 0 Å². The molecule has 0 radical (unpaired) electrons. The van der Waals surface area contributed by atoms with Crippen molar-refractivity contribution in [1.82, 2.24) is 0 Å². The molecule has 0 aliphatic rings. The maximum absolute atomic E-state index is 12.3. The summed E-state index contributed by atoms with van der Waals surface area (Å²) in [6.45, 7) is 6.45. The van der Waals surface area contributed by atoms with Crippen LogP contribution in [0.1, 0.15) is 27.7 Å². The highest BCUT2D eigenvalue weighted by atomic mass is 31.2. The molecule has 0 bridgehead atoms. The fourth-order valence-corrected chi connectivity index (χ4v) is 4.42. The monoisotopic (exact) mass is 310 g/mol. The Morgan fingerprint density at radius 2 is 1.40 bits per heavy atom. The lowest BCUT2D eigenvalue weighted by atomic mass is 9.66. The van der Waals surface area contributed by atoms with Crippen molar-refractivity contribution in [2.75, 3.05) is 14.2 Å². The highest BCUT2D eigenvalue weighted by Crippen LogP contribution is 2.56. The molecule has 0 aliphatic heterocycles. The van der Waals surface area contributed by atoms with Crippen LogP contribution in [-0.2, 0) is 23.6 Å². The van der Waals surface area contributed by atoms with Crippen molar-refractivity contribution in [2.24, 2.45) is 17.3 Å². The second kappa shape index (κ2) is 6.70. The Morgan fingerprint density at radius 3 is 1.60 bits per heavy atom. The molecule has 1 unspecified atom stereocenters. The average Bonchev–Trinajstić information content (AvgIpc) is 2.31. The van der Waals surface area contributed by atoms with Crippen LogP contribution in [0, 0.1) is 17.3 Å². The number of hydrogen-bond donors (Lipinski definition) is 2. The molecule has 1 atom stereocenters. The van der Waals surface area contributed by atoms with Gasteiger partial charge in [0.25, 0.3) is 0 Å².